The fourth-order valence-corrected chi connectivity index (χ4v) is 4.51. The van der Waals surface area contributed by atoms with Crippen molar-refractivity contribution in [2.75, 3.05) is 26.7 Å². The fraction of sp³-hybridized carbons (Fsp3) is 0.625. The van der Waals surface area contributed by atoms with Crippen LogP contribution in [-0.4, -0.2) is 60.4 Å². The predicted octanol–water partition coefficient (Wildman–Crippen LogP) is 2.91. The van der Waals surface area contributed by atoms with Gasteiger partial charge in [-0.05, 0) is 31.2 Å². The second-order valence-corrected chi connectivity index (χ2v) is 8.82. The Morgan fingerprint density at radius 1 is 1.00 bits per heavy atom. The normalized spacial score (nSPS) is 17.8. The van der Waals surface area contributed by atoms with Gasteiger partial charge < -0.3 is 20.4 Å². The third-order valence-electron chi connectivity index (χ3n) is 6.41. The lowest BCUT2D eigenvalue weighted by Crippen LogP contribution is -2.50. The van der Waals surface area contributed by atoms with Crippen molar-refractivity contribution in [1.82, 2.24) is 20.4 Å². The van der Waals surface area contributed by atoms with Crippen LogP contribution in [0, 0.1) is 5.92 Å². The summed E-state index contributed by atoms with van der Waals surface area (Å²) in [5.41, 5.74) is 1.08. The Morgan fingerprint density at radius 2 is 1.68 bits per heavy atom. The van der Waals surface area contributed by atoms with Crippen LogP contribution >= 0.6 is 0 Å². The molecular formula is C24H36N4O3. The highest BCUT2D eigenvalue weighted by Crippen LogP contribution is 2.26. The first kappa shape index (κ1) is 23.1. The number of benzene rings is 1. The third kappa shape index (κ3) is 7.26. The maximum absolute atomic E-state index is 12.6. The molecule has 3 rings (SSSR count). The number of piperidine rings is 1. The van der Waals surface area contributed by atoms with Gasteiger partial charge in [-0.1, -0.05) is 49.6 Å². The van der Waals surface area contributed by atoms with E-state index in [1.807, 2.05) is 35.2 Å². The van der Waals surface area contributed by atoms with Gasteiger partial charge in [0.25, 0.3) is 0 Å². The van der Waals surface area contributed by atoms with Gasteiger partial charge in [-0.15, -0.1) is 0 Å². The standard InChI is InChI=1S/C24H36N4O3/c1-27(18-19-8-4-2-5-9-19)22(29)12-15-25-24(31)26-21-13-16-28(17-14-21)23(30)20-10-6-3-7-11-20/h2,4-5,8-9,20-21H,3,6-7,10-18H2,1H3,(H2,25,26,31). The number of amides is 4. The molecule has 0 bridgehead atoms. The molecule has 4 amide bonds. The summed E-state index contributed by atoms with van der Waals surface area (Å²) >= 11 is 0. The molecule has 1 saturated heterocycles. The molecule has 7 nitrogen and oxygen atoms in total. The summed E-state index contributed by atoms with van der Waals surface area (Å²) in [5, 5.41) is 5.77. The largest absolute Gasteiger partial charge is 0.342 e. The van der Waals surface area contributed by atoms with Crippen molar-refractivity contribution in [3.63, 3.8) is 0 Å². The number of carbonyl (C=O) groups is 3. The number of hydrogen-bond acceptors (Lipinski definition) is 3. The molecule has 2 fully saturated rings. The highest BCUT2D eigenvalue weighted by Gasteiger charge is 2.29. The zero-order valence-corrected chi connectivity index (χ0v) is 18.6. The highest BCUT2D eigenvalue weighted by atomic mass is 16.2. The van der Waals surface area contributed by atoms with Crippen LogP contribution < -0.4 is 10.6 Å². The molecule has 0 spiro atoms. The van der Waals surface area contributed by atoms with Crippen LogP contribution in [0.3, 0.4) is 0 Å². The Kier molecular flexibility index (Phi) is 8.74. The summed E-state index contributed by atoms with van der Waals surface area (Å²) in [6, 6.07) is 9.67. The smallest absolute Gasteiger partial charge is 0.315 e. The van der Waals surface area contributed by atoms with Crippen LogP contribution in [0.2, 0.25) is 0 Å². The number of hydrogen-bond donors (Lipinski definition) is 2. The minimum atomic E-state index is -0.240. The lowest BCUT2D eigenvalue weighted by molar-refractivity contribution is -0.137. The third-order valence-corrected chi connectivity index (χ3v) is 6.41. The molecule has 1 heterocycles. The highest BCUT2D eigenvalue weighted by molar-refractivity contribution is 5.79. The first-order valence-electron chi connectivity index (χ1n) is 11.6. The quantitative estimate of drug-likeness (QED) is 0.701. The molecule has 0 aromatic heterocycles. The van der Waals surface area contributed by atoms with E-state index in [0.717, 1.165) is 31.2 Å². The Morgan fingerprint density at radius 3 is 2.35 bits per heavy atom. The second-order valence-electron chi connectivity index (χ2n) is 8.82. The Hall–Kier alpha value is -2.57. The van der Waals surface area contributed by atoms with Gasteiger partial charge in [0, 0.05) is 51.6 Å². The second kappa shape index (κ2) is 11.7. The van der Waals surface area contributed by atoms with Gasteiger partial charge in [0.2, 0.25) is 11.8 Å². The summed E-state index contributed by atoms with van der Waals surface area (Å²) in [4.78, 5) is 40.8. The molecule has 0 radical (unpaired) electrons. The predicted molar refractivity (Wildman–Crippen MR) is 120 cm³/mol. The van der Waals surface area contributed by atoms with Crippen LogP contribution in [-0.2, 0) is 16.1 Å². The SMILES string of the molecule is CN(Cc1ccccc1)C(=O)CCNC(=O)NC1CCN(C(=O)C2CCCCC2)CC1. The van der Waals surface area contributed by atoms with Crippen molar-refractivity contribution in [2.45, 2.75) is 64.0 Å². The van der Waals surface area contributed by atoms with Crippen molar-refractivity contribution >= 4 is 17.8 Å². The molecule has 1 aromatic carbocycles. The molecule has 1 saturated carbocycles. The van der Waals surface area contributed by atoms with Gasteiger partial charge in [-0.25, -0.2) is 4.79 Å². The molecule has 0 atom stereocenters. The number of likely N-dealkylation sites (tertiary alicyclic amines) is 1. The molecule has 7 heteroatoms. The molecule has 170 valence electrons. The summed E-state index contributed by atoms with van der Waals surface area (Å²) in [7, 11) is 1.78. The lowest BCUT2D eigenvalue weighted by atomic mass is 9.87. The van der Waals surface area contributed by atoms with Gasteiger partial charge in [-0.2, -0.15) is 0 Å². The average Bonchev–Trinajstić information content (AvgIpc) is 2.80. The van der Waals surface area contributed by atoms with Crippen molar-refractivity contribution < 1.29 is 14.4 Å². The van der Waals surface area contributed by atoms with Crippen molar-refractivity contribution in [3.05, 3.63) is 35.9 Å². The maximum Gasteiger partial charge on any atom is 0.315 e. The van der Waals surface area contributed by atoms with Crippen LogP contribution in [0.25, 0.3) is 0 Å². The number of urea groups is 1. The van der Waals surface area contributed by atoms with Crippen molar-refractivity contribution in [2.24, 2.45) is 5.92 Å². The van der Waals surface area contributed by atoms with Crippen LogP contribution in [0.1, 0.15) is 56.9 Å². The summed E-state index contributed by atoms with van der Waals surface area (Å²) in [6.07, 6.45) is 7.47. The van der Waals surface area contributed by atoms with Crippen molar-refractivity contribution in [3.8, 4) is 0 Å². The zero-order chi connectivity index (χ0) is 22.1. The fourth-order valence-electron chi connectivity index (χ4n) is 4.51. The Bertz CT molecular complexity index is 726. The monoisotopic (exact) mass is 428 g/mol. The number of carbonyl (C=O) groups excluding carboxylic acids is 3. The topological polar surface area (TPSA) is 81.8 Å². The molecular weight excluding hydrogens is 392 g/mol. The van der Waals surface area contributed by atoms with E-state index in [1.165, 1.54) is 19.3 Å². The van der Waals surface area contributed by atoms with Gasteiger partial charge in [0.15, 0.2) is 0 Å². The Balaban J connectivity index is 1.29. The van der Waals surface area contributed by atoms with E-state index in [-0.39, 0.29) is 30.3 Å². The van der Waals surface area contributed by atoms with E-state index in [2.05, 4.69) is 10.6 Å². The van der Waals surface area contributed by atoms with Crippen molar-refractivity contribution in [1.29, 1.82) is 0 Å². The van der Waals surface area contributed by atoms with E-state index in [0.29, 0.717) is 32.1 Å². The molecule has 1 aliphatic heterocycles. The maximum atomic E-state index is 12.6. The first-order chi connectivity index (χ1) is 15.0. The van der Waals surface area contributed by atoms with Gasteiger partial charge in [0.1, 0.15) is 0 Å². The number of nitrogens with one attached hydrogen (secondary N) is 2. The van der Waals surface area contributed by atoms with E-state index >= 15 is 0 Å². The van der Waals surface area contributed by atoms with Crippen LogP contribution in [0.15, 0.2) is 30.3 Å². The lowest BCUT2D eigenvalue weighted by Gasteiger charge is -2.35. The van der Waals surface area contributed by atoms with E-state index in [4.69, 9.17) is 0 Å². The molecule has 31 heavy (non-hydrogen) atoms. The average molecular weight is 429 g/mol. The summed E-state index contributed by atoms with van der Waals surface area (Å²) < 4.78 is 0. The summed E-state index contributed by atoms with van der Waals surface area (Å²) in [5.74, 6) is 0.513. The molecule has 0 unspecified atom stereocenters. The van der Waals surface area contributed by atoms with Gasteiger partial charge in [-0.3, -0.25) is 9.59 Å². The van der Waals surface area contributed by atoms with Gasteiger partial charge >= 0.3 is 6.03 Å². The number of rotatable bonds is 7. The van der Waals surface area contributed by atoms with E-state index in [1.54, 1.807) is 11.9 Å². The van der Waals surface area contributed by atoms with E-state index in [9.17, 15) is 14.4 Å². The molecule has 2 N–H and O–H groups in total. The molecule has 2 aliphatic rings. The Labute approximate surface area is 185 Å². The van der Waals surface area contributed by atoms with Crippen LogP contribution in [0.5, 0.6) is 0 Å². The molecule has 1 aliphatic carbocycles. The first-order valence-corrected chi connectivity index (χ1v) is 11.6. The zero-order valence-electron chi connectivity index (χ0n) is 18.6. The van der Waals surface area contributed by atoms with E-state index < -0.39 is 0 Å². The summed E-state index contributed by atoms with van der Waals surface area (Å²) in [6.45, 7) is 2.29. The van der Waals surface area contributed by atoms with Crippen LogP contribution in [0.4, 0.5) is 4.79 Å². The molecule has 1 aromatic rings. The minimum absolute atomic E-state index is 0.00122. The number of nitrogens with zero attached hydrogens (tertiary/aromatic N) is 2. The minimum Gasteiger partial charge on any atom is -0.342 e. The van der Waals surface area contributed by atoms with Gasteiger partial charge in [0.05, 0.1) is 0 Å².